The lowest BCUT2D eigenvalue weighted by molar-refractivity contribution is 0.0881. The zero-order valence-electron chi connectivity index (χ0n) is 8.10. The van der Waals surface area contributed by atoms with Gasteiger partial charge >= 0.3 is 0 Å². The molecule has 1 atom stereocenters. The summed E-state index contributed by atoms with van der Waals surface area (Å²) >= 11 is 0. The number of hydrogen-bond donors (Lipinski definition) is 1. The second-order valence-corrected chi connectivity index (χ2v) is 4.72. The van der Waals surface area contributed by atoms with Gasteiger partial charge in [0.15, 0.2) is 0 Å². The van der Waals surface area contributed by atoms with Crippen LogP contribution in [0.15, 0.2) is 0 Å². The van der Waals surface area contributed by atoms with Crippen LogP contribution in [0.1, 0.15) is 26.2 Å². The van der Waals surface area contributed by atoms with Crippen molar-refractivity contribution in [1.82, 2.24) is 10.2 Å². The Morgan fingerprint density at radius 3 is 2.67 bits per heavy atom. The van der Waals surface area contributed by atoms with E-state index in [0.29, 0.717) is 5.41 Å². The van der Waals surface area contributed by atoms with Crippen molar-refractivity contribution in [2.45, 2.75) is 26.2 Å². The van der Waals surface area contributed by atoms with Crippen molar-refractivity contribution in [3.8, 4) is 0 Å². The Labute approximate surface area is 75.3 Å². The summed E-state index contributed by atoms with van der Waals surface area (Å²) in [7, 11) is 0. The van der Waals surface area contributed by atoms with Crippen molar-refractivity contribution in [2.75, 3.05) is 32.7 Å². The molecule has 0 aromatic carbocycles. The summed E-state index contributed by atoms with van der Waals surface area (Å²) in [5.41, 5.74) is 0.568. The van der Waals surface area contributed by atoms with Gasteiger partial charge in [-0.3, -0.25) is 0 Å². The molecule has 2 fully saturated rings. The summed E-state index contributed by atoms with van der Waals surface area (Å²) in [6.07, 6.45) is 4.20. The average Bonchev–Trinajstić information content (AvgIpc) is 1.99. The molecule has 2 aliphatic heterocycles. The maximum atomic E-state index is 3.50. The van der Waals surface area contributed by atoms with Crippen LogP contribution >= 0.6 is 0 Å². The molecule has 2 saturated heterocycles. The first kappa shape index (κ1) is 8.52. The summed E-state index contributed by atoms with van der Waals surface area (Å²) < 4.78 is 0. The molecule has 0 aromatic rings. The number of nitrogens with one attached hydrogen (secondary N) is 1. The Morgan fingerprint density at radius 2 is 2.17 bits per heavy atom. The molecule has 1 unspecified atom stereocenters. The number of likely N-dealkylation sites (tertiary alicyclic amines) is 1. The van der Waals surface area contributed by atoms with Crippen LogP contribution in [-0.4, -0.2) is 37.6 Å². The van der Waals surface area contributed by atoms with E-state index in [0.717, 1.165) is 0 Å². The van der Waals surface area contributed by atoms with Crippen LogP contribution in [0.3, 0.4) is 0 Å². The minimum atomic E-state index is 0.568. The van der Waals surface area contributed by atoms with Crippen LogP contribution in [0.2, 0.25) is 0 Å². The predicted molar refractivity (Wildman–Crippen MR) is 51.3 cm³/mol. The first-order chi connectivity index (χ1) is 5.79. The molecule has 2 rings (SSSR count). The van der Waals surface area contributed by atoms with Crippen LogP contribution in [-0.2, 0) is 0 Å². The molecule has 0 aliphatic carbocycles. The summed E-state index contributed by atoms with van der Waals surface area (Å²) in [6.45, 7) is 8.89. The molecule has 2 heterocycles. The molecular weight excluding hydrogens is 148 g/mol. The summed E-state index contributed by atoms with van der Waals surface area (Å²) in [6, 6.07) is 0. The molecule has 12 heavy (non-hydrogen) atoms. The van der Waals surface area contributed by atoms with Gasteiger partial charge in [-0.1, -0.05) is 6.92 Å². The van der Waals surface area contributed by atoms with Gasteiger partial charge in [-0.15, -0.1) is 0 Å². The third kappa shape index (κ3) is 1.80. The number of nitrogens with zero attached hydrogens (tertiary/aromatic N) is 1. The lowest BCUT2D eigenvalue weighted by Gasteiger charge is -2.42. The van der Waals surface area contributed by atoms with Gasteiger partial charge in [0.1, 0.15) is 0 Å². The van der Waals surface area contributed by atoms with Crippen LogP contribution in [0.4, 0.5) is 0 Å². The van der Waals surface area contributed by atoms with Gasteiger partial charge in [0, 0.05) is 13.1 Å². The molecular formula is C10H20N2. The normalized spacial score (nSPS) is 37.8. The fraction of sp³-hybridized carbons (Fsp3) is 1.00. The van der Waals surface area contributed by atoms with E-state index in [1.165, 1.54) is 52.0 Å². The zero-order valence-corrected chi connectivity index (χ0v) is 8.10. The van der Waals surface area contributed by atoms with Crippen molar-refractivity contribution in [3.63, 3.8) is 0 Å². The Bertz CT molecular complexity index is 146. The number of piperidine rings is 1. The van der Waals surface area contributed by atoms with Gasteiger partial charge in [0.05, 0.1) is 0 Å². The van der Waals surface area contributed by atoms with E-state index in [1.54, 1.807) is 0 Å². The lowest BCUT2D eigenvalue weighted by atomic mass is 9.82. The molecule has 70 valence electrons. The highest BCUT2D eigenvalue weighted by atomic mass is 15.2. The van der Waals surface area contributed by atoms with Crippen molar-refractivity contribution in [2.24, 2.45) is 5.41 Å². The van der Waals surface area contributed by atoms with Crippen molar-refractivity contribution in [1.29, 1.82) is 0 Å². The Hall–Kier alpha value is -0.0800. The highest BCUT2D eigenvalue weighted by molar-refractivity contribution is 4.86. The zero-order chi connectivity index (χ0) is 8.44. The third-order valence-electron chi connectivity index (χ3n) is 3.24. The van der Waals surface area contributed by atoms with Gasteiger partial charge in [0.2, 0.25) is 0 Å². The topological polar surface area (TPSA) is 15.3 Å². The molecule has 0 amide bonds. The maximum absolute atomic E-state index is 3.50. The van der Waals surface area contributed by atoms with Crippen LogP contribution in [0.25, 0.3) is 0 Å². The smallest absolute Gasteiger partial charge is 0.00475 e. The fourth-order valence-electron chi connectivity index (χ4n) is 2.33. The largest absolute Gasteiger partial charge is 0.316 e. The van der Waals surface area contributed by atoms with Gasteiger partial charge in [0.25, 0.3) is 0 Å². The maximum Gasteiger partial charge on any atom is 0.00475 e. The molecule has 1 N–H and O–H groups in total. The van der Waals surface area contributed by atoms with E-state index in [1.807, 2.05) is 0 Å². The molecule has 2 heteroatoms. The highest BCUT2D eigenvalue weighted by Crippen LogP contribution is 2.27. The van der Waals surface area contributed by atoms with Gasteiger partial charge in [-0.05, 0) is 44.3 Å². The molecule has 0 bridgehead atoms. The predicted octanol–water partition coefficient (Wildman–Crippen LogP) is 1.08. The molecule has 0 aromatic heterocycles. The minimum Gasteiger partial charge on any atom is -0.316 e. The molecule has 0 saturated carbocycles. The number of rotatable bonds is 2. The quantitative estimate of drug-likeness (QED) is 0.664. The molecule has 2 aliphatic rings. The van der Waals surface area contributed by atoms with Gasteiger partial charge in [-0.25, -0.2) is 0 Å². The van der Waals surface area contributed by atoms with Crippen molar-refractivity contribution < 1.29 is 0 Å². The Kier molecular flexibility index (Phi) is 2.37. The highest BCUT2D eigenvalue weighted by Gasteiger charge is 2.30. The average molecular weight is 168 g/mol. The second kappa shape index (κ2) is 3.35. The van der Waals surface area contributed by atoms with E-state index < -0.39 is 0 Å². The van der Waals surface area contributed by atoms with Crippen molar-refractivity contribution in [3.05, 3.63) is 0 Å². The van der Waals surface area contributed by atoms with Gasteiger partial charge in [-0.2, -0.15) is 0 Å². The SMILES string of the molecule is CC1(CN2CCC2)CCCNC1. The third-order valence-corrected chi connectivity index (χ3v) is 3.24. The Morgan fingerprint density at radius 1 is 1.33 bits per heavy atom. The minimum absolute atomic E-state index is 0.568. The lowest BCUT2D eigenvalue weighted by Crippen LogP contribution is -2.49. The van der Waals surface area contributed by atoms with Crippen LogP contribution in [0, 0.1) is 5.41 Å². The first-order valence-electron chi connectivity index (χ1n) is 5.22. The molecule has 0 radical (unpaired) electrons. The van der Waals surface area contributed by atoms with Crippen molar-refractivity contribution >= 4 is 0 Å². The van der Waals surface area contributed by atoms with E-state index in [2.05, 4.69) is 17.1 Å². The summed E-state index contributed by atoms with van der Waals surface area (Å²) in [5, 5.41) is 3.50. The molecule has 2 nitrogen and oxygen atoms in total. The van der Waals surface area contributed by atoms with E-state index in [-0.39, 0.29) is 0 Å². The van der Waals surface area contributed by atoms with Crippen LogP contribution < -0.4 is 5.32 Å². The Balaban J connectivity index is 1.81. The monoisotopic (exact) mass is 168 g/mol. The first-order valence-corrected chi connectivity index (χ1v) is 5.22. The summed E-state index contributed by atoms with van der Waals surface area (Å²) in [5.74, 6) is 0. The summed E-state index contributed by atoms with van der Waals surface area (Å²) in [4.78, 5) is 2.59. The van der Waals surface area contributed by atoms with E-state index in [9.17, 15) is 0 Å². The van der Waals surface area contributed by atoms with E-state index >= 15 is 0 Å². The second-order valence-electron chi connectivity index (χ2n) is 4.72. The molecule has 0 spiro atoms. The van der Waals surface area contributed by atoms with Gasteiger partial charge < -0.3 is 10.2 Å². The van der Waals surface area contributed by atoms with Crippen LogP contribution in [0.5, 0.6) is 0 Å². The van der Waals surface area contributed by atoms with E-state index in [4.69, 9.17) is 0 Å². The number of hydrogen-bond acceptors (Lipinski definition) is 2. The fourth-order valence-corrected chi connectivity index (χ4v) is 2.33. The standard InChI is InChI=1S/C10H20N2/c1-10(4-2-5-11-8-10)9-12-6-3-7-12/h11H,2-9H2,1H3.